The van der Waals surface area contributed by atoms with Gasteiger partial charge in [0.1, 0.15) is 0 Å². The van der Waals surface area contributed by atoms with Crippen molar-refractivity contribution in [3.63, 3.8) is 0 Å². The third-order valence-corrected chi connectivity index (χ3v) is 5.33. The van der Waals surface area contributed by atoms with Crippen LogP contribution in [0.25, 0.3) is 0 Å². The lowest BCUT2D eigenvalue weighted by molar-refractivity contribution is -0.519. The quantitative estimate of drug-likeness (QED) is 0.114. The molecule has 0 amide bonds. The van der Waals surface area contributed by atoms with Crippen LogP contribution in [0.15, 0.2) is 86.0 Å². The molecule has 34 heavy (non-hydrogen) atoms. The molecule has 0 unspecified atom stereocenters. The molecule has 0 bridgehead atoms. The summed E-state index contributed by atoms with van der Waals surface area (Å²) in [5, 5.41) is 25.3. The predicted octanol–water partition coefficient (Wildman–Crippen LogP) is 3.60. The molecule has 2 aromatic carbocycles. The molecule has 0 saturated heterocycles. The van der Waals surface area contributed by atoms with Gasteiger partial charge in [0.05, 0.1) is 19.8 Å². The topological polar surface area (TPSA) is 91.1 Å². The molecular formula is C27H33NO6. The molecule has 7 nitrogen and oxygen atoms in total. The van der Waals surface area contributed by atoms with E-state index in [0.29, 0.717) is 15.9 Å². The first-order chi connectivity index (χ1) is 16.4. The summed E-state index contributed by atoms with van der Waals surface area (Å²) in [6.07, 6.45) is 1.88. The number of hydrogen-bond acceptors (Lipinski definition) is 6. The number of carbonyl (C=O) groups excluding carboxylic acids is 1. The number of carbonyl (C=O) groups is 1. The summed E-state index contributed by atoms with van der Waals surface area (Å²) < 4.78 is 17.0. The summed E-state index contributed by atoms with van der Waals surface area (Å²) >= 11 is 0. The van der Waals surface area contributed by atoms with E-state index in [-0.39, 0.29) is 19.8 Å². The average molecular weight is 468 g/mol. The Morgan fingerprint density at radius 3 is 2.00 bits per heavy atom. The second-order valence-electron chi connectivity index (χ2n) is 7.56. The Kier molecular flexibility index (Phi) is 10.7. The Morgan fingerprint density at radius 1 is 1.03 bits per heavy atom. The van der Waals surface area contributed by atoms with Crippen LogP contribution in [0, 0.1) is 5.21 Å². The number of rotatable bonds is 14. The first-order valence-electron chi connectivity index (χ1n) is 11.2. The van der Waals surface area contributed by atoms with Crippen molar-refractivity contribution in [1.82, 2.24) is 0 Å². The minimum absolute atomic E-state index is 0.0532. The minimum Gasteiger partial charge on any atom is -0.624 e. The van der Waals surface area contributed by atoms with Crippen LogP contribution >= 0.6 is 0 Å². The average Bonchev–Trinajstić information content (AvgIpc) is 2.87. The smallest absolute Gasteiger partial charge is 0.338 e. The number of hydroxylamine groups is 1. The molecule has 0 heterocycles. The van der Waals surface area contributed by atoms with Crippen LogP contribution in [0.5, 0.6) is 0 Å². The van der Waals surface area contributed by atoms with Crippen molar-refractivity contribution in [2.24, 2.45) is 0 Å². The van der Waals surface area contributed by atoms with Crippen molar-refractivity contribution in [1.29, 1.82) is 0 Å². The second-order valence-corrected chi connectivity index (χ2v) is 7.56. The first kappa shape index (κ1) is 27.0. The van der Waals surface area contributed by atoms with Gasteiger partial charge in [-0.05, 0) is 18.1 Å². The van der Waals surface area contributed by atoms with E-state index >= 15 is 0 Å². The molecule has 1 N–H and O–H groups in total. The SMILES string of the molecule is C=CCO[C@@H](/C=[N+](\[O-])[C@@H](C)C(O)(c1ccccc1)c1ccccc1)[C@H](OCC=C)C(=O)OCC. The summed E-state index contributed by atoms with van der Waals surface area (Å²) in [6, 6.07) is 16.9. The van der Waals surface area contributed by atoms with Gasteiger partial charge in [-0.25, -0.2) is 9.53 Å². The van der Waals surface area contributed by atoms with E-state index < -0.39 is 29.8 Å². The van der Waals surface area contributed by atoms with Gasteiger partial charge in [-0.2, -0.15) is 0 Å². The second kappa shape index (κ2) is 13.4. The van der Waals surface area contributed by atoms with E-state index in [1.54, 1.807) is 62.4 Å². The van der Waals surface area contributed by atoms with Crippen LogP contribution in [-0.4, -0.2) is 60.1 Å². The van der Waals surface area contributed by atoms with Crippen LogP contribution in [0.3, 0.4) is 0 Å². The van der Waals surface area contributed by atoms with Crippen molar-refractivity contribution in [3.8, 4) is 0 Å². The molecule has 0 aliphatic heterocycles. The Hall–Kier alpha value is -3.26. The van der Waals surface area contributed by atoms with Gasteiger partial charge < -0.3 is 24.5 Å². The van der Waals surface area contributed by atoms with Gasteiger partial charge in [-0.15, -0.1) is 13.2 Å². The Labute approximate surface area is 201 Å². The van der Waals surface area contributed by atoms with Gasteiger partial charge in [0.25, 0.3) is 0 Å². The summed E-state index contributed by atoms with van der Waals surface area (Å²) in [5.74, 6) is -0.669. The van der Waals surface area contributed by atoms with Crippen molar-refractivity contribution >= 4 is 12.2 Å². The number of nitrogens with zero attached hydrogens (tertiary/aromatic N) is 1. The first-order valence-corrected chi connectivity index (χ1v) is 11.2. The highest BCUT2D eigenvalue weighted by molar-refractivity contribution is 5.80. The molecule has 0 radical (unpaired) electrons. The zero-order valence-electron chi connectivity index (χ0n) is 19.7. The lowest BCUT2D eigenvalue weighted by Crippen LogP contribution is -2.48. The summed E-state index contributed by atoms with van der Waals surface area (Å²) in [4.78, 5) is 12.6. The largest absolute Gasteiger partial charge is 0.624 e. The highest BCUT2D eigenvalue weighted by atomic mass is 16.6. The maximum atomic E-state index is 13.4. The molecule has 182 valence electrons. The Bertz CT molecular complexity index is 905. The maximum Gasteiger partial charge on any atom is 0.338 e. The third kappa shape index (κ3) is 6.63. The van der Waals surface area contributed by atoms with Gasteiger partial charge in [0.15, 0.2) is 30.1 Å². The van der Waals surface area contributed by atoms with E-state index in [2.05, 4.69) is 13.2 Å². The van der Waals surface area contributed by atoms with Crippen LogP contribution in [-0.2, 0) is 24.6 Å². The van der Waals surface area contributed by atoms with Crippen molar-refractivity contribution in [2.75, 3.05) is 19.8 Å². The molecule has 0 spiro atoms. The van der Waals surface area contributed by atoms with Crippen LogP contribution < -0.4 is 0 Å². The zero-order valence-corrected chi connectivity index (χ0v) is 19.7. The number of benzene rings is 2. The highest BCUT2D eigenvalue weighted by Crippen LogP contribution is 2.34. The number of esters is 1. The fraction of sp³-hybridized carbons (Fsp3) is 0.333. The molecular weight excluding hydrogens is 434 g/mol. The van der Waals surface area contributed by atoms with Crippen molar-refractivity contribution in [2.45, 2.75) is 37.7 Å². The van der Waals surface area contributed by atoms with E-state index in [1.165, 1.54) is 18.4 Å². The van der Waals surface area contributed by atoms with E-state index in [9.17, 15) is 15.1 Å². The minimum atomic E-state index is -1.65. The van der Waals surface area contributed by atoms with Crippen molar-refractivity contribution < 1.29 is 28.9 Å². The molecule has 0 aliphatic carbocycles. The molecule has 0 aliphatic rings. The Balaban J connectivity index is 2.51. The molecule has 2 aromatic rings. The Morgan fingerprint density at radius 2 is 1.53 bits per heavy atom. The maximum absolute atomic E-state index is 13.4. The van der Waals surface area contributed by atoms with E-state index in [1.807, 2.05) is 12.1 Å². The summed E-state index contributed by atoms with van der Waals surface area (Å²) in [6.45, 7) is 10.8. The van der Waals surface area contributed by atoms with Gasteiger partial charge in [0.2, 0.25) is 0 Å². The zero-order chi connectivity index (χ0) is 25.0. The third-order valence-electron chi connectivity index (χ3n) is 5.33. The van der Waals surface area contributed by atoms with Crippen molar-refractivity contribution in [3.05, 3.63) is 102 Å². The standard InChI is InChI=1S/C27H33NO6/c1-5-18-33-24(25(34-19-6-2)26(29)32-7-3)20-28(31)21(4)27(30,22-14-10-8-11-15-22)23-16-12-9-13-17-23/h5-6,8-17,20-21,24-25,30H,1-2,7,18-19H2,3-4H3/b28-20-/t21-,24-,25-/m0/s1. The molecule has 0 saturated carbocycles. The highest BCUT2D eigenvalue weighted by Gasteiger charge is 2.44. The monoisotopic (exact) mass is 467 g/mol. The van der Waals surface area contributed by atoms with Crippen LogP contribution in [0.1, 0.15) is 25.0 Å². The number of aliphatic hydroxyl groups is 1. The van der Waals surface area contributed by atoms with Gasteiger partial charge in [0, 0.05) is 6.92 Å². The molecule has 0 aromatic heterocycles. The van der Waals surface area contributed by atoms with Crippen LogP contribution in [0.2, 0.25) is 0 Å². The normalized spacial score (nSPS) is 14.6. The molecule has 3 atom stereocenters. The fourth-order valence-corrected chi connectivity index (χ4v) is 3.57. The molecule has 2 rings (SSSR count). The van der Waals surface area contributed by atoms with E-state index in [4.69, 9.17) is 14.2 Å². The summed E-state index contributed by atoms with van der Waals surface area (Å²) in [5.41, 5.74) is -0.543. The number of hydrogen-bond donors (Lipinski definition) is 1. The number of ether oxygens (including phenoxy) is 3. The van der Waals surface area contributed by atoms with Crippen LogP contribution in [0.4, 0.5) is 0 Å². The van der Waals surface area contributed by atoms with E-state index in [0.717, 1.165) is 0 Å². The van der Waals surface area contributed by atoms with Gasteiger partial charge in [-0.1, -0.05) is 72.8 Å². The van der Waals surface area contributed by atoms with Gasteiger partial charge >= 0.3 is 5.97 Å². The molecule has 0 fully saturated rings. The fourth-order valence-electron chi connectivity index (χ4n) is 3.57. The lowest BCUT2D eigenvalue weighted by atomic mass is 9.81. The predicted molar refractivity (Wildman–Crippen MR) is 132 cm³/mol. The summed E-state index contributed by atoms with van der Waals surface area (Å²) in [7, 11) is 0. The lowest BCUT2D eigenvalue weighted by Gasteiger charge is -2.34. The molecule has 7 heteroatoms. The van der Waals surface area contributed by atoms with Gasteiger partial charge in [-0.3, -0.25) is 0 Å².